The van der Waals surface area contributed by atoms with E-state index in [-0.39, 0.29) is 11.9 Å². The molecule has 3 atom stereocenters. The van der Waals surface area contributed by atoms with Crippen LogP contribution in [0.4, 0.5) is 5.69 Å². The standard InChI is InChI=1S/C17H27N3O/c1-13(17(21)19-15-9-4-3-5-10-15)20(2)16-11-7-6-8-14(16)12-18/h3-5,9-10,13-14,16H,6-8,11-12,18H2,1-2H3,(H,19,21). The average Bonchev–Trinajstić information content (AvgIpc) is 2.54. The van der Waals surface area contributed by atoms with Crippen molar-refractivity contribution in [1.82, 2.24) is 4.90 Å². The molecule has 3 unspecified atom stereocenters. The van der Waals surface area contributed by atoms with Crippen molar-refractivity contribution < 1.29 is 4.79 Å². The van der Waals surface area contributed by atoms with E-state index in [1.165, 1.54) is 19.3 Å². The average molecular weight is 289 g/mol. The van der Waals surface area contributed by atoms with E-state index in [0.29, 0.717) is 18.5 Å². The first kappa shape index (κ1) is 16.0. The Balaban J connectivity index is 1.97. The smallest absolute Gasteiger partial charge is 0.241 e. The van der Waals surface area contributed by atoms with E-state index in [4.69, 9.17) is 5.73 Å². The third kappa shape index (κ3) is 4.05. The molecule has 1 aromatic carbocycles. The Morgan fingerprint density at radius 1 is 1.33 bits per heavy atom. The highest BCUT2D eigenvalue weighted by molar-refractivity contribution is 5.94. The van der Waals surface area contributed by atoms with E-state index in [1.54, 1.807) is 0 Å². The number of nitrogens with zero attached hydrogens (tertiary/aromatic N) is 1. The molecule has 0 aliphatic heterocycles. The fraction of sp³-hybridized carbons (Fsp3) is 0.588. The topological polar surface area (TPSA) is 58.4 Å². The van der Waals surface area contributed by atoms with Crippen LogP contribution in [0.2, 0.25) is 0 Å². The van der Waals surface area contributed by atoms with E-state index in [2.05, 4.69) is 10.2 Å². The van der Waals surface area contributed by atoms with Crippen molar-refractivity contribution in [2.75, 3.05) is 18.9 Å². The van der Waals surface area contributed by atoms with Crippen molar-refractivity contribution in [2.24, 2.45) is 11.7 Å². The van der Waals surface area contributed by atoms with Gasteiger partial charge in [0.15, 0.2) is 0 Å². The Kier molecular flexibility index (Phi) is 5.76. The maximum atomic E-state index is 12.4. The van der Waals surface area contributed by atoms with Crippen LogP contribution in [0.25, 0.3) is 0 Å². The lowest BCUT2D eigenvalue weighted by Crippen LogP contribution is -2.50. The van der Waals surface area contributed by atoms with Gasteiger partial charge in [-0.15, -0.1) is 0 Å². The molecule has 0 radical (unpaired) electrons. The lowest BCUT2D eigenvalue weighted by Gasteiger charge is -2.40. The SMILES string of the molecule is CC(C(=O)Nc1ccccc1)N(C)C1CCCCC1CN. The number of hydrogen-bond acceptors (Lipinski definition) is 3. The largest absolute Gasteiger partial charge is 0.330 e. The maximum absolute atomic E-state index is 12.4. The van der Waals surface area contributed by atoms with Gasteiger partial charge in [0.25, 0.3) is 0 Å². The summed E-state index contributed by atoms with van der Waals surface area (Å²) in [5, 5.41) is 2.98. The van der Waals surface area contributed by atoms with Crippen LogP contribution in [0.15, 0.2) is 30.3 Å². The molecule has 1 amide bonds. The zero-order valence-corrected chi connectivity index (χ0v) is 13.1. The Morgan fingerprint density at radius 2 is 2.00 bits per heavy atom. The lowest BCUT2D eigenvalue weighted by atomic mass is 9.83. The molecular formula is C17H27N3O. The molecule has 0 spiro atoms. The van der Waals surface area contributed by atoms with Crippen LogP contribution in [0.5, 0.6) is 0 Å². The van der Waals surface area contributed by atoms with Crippen LogP contribution >= 0.6 is 0 Å². The van der Waals surface area contributed by atoms with Crippen molar-refractivity contribution >= 4 is 11.6 Å². The molecule has 4 heteroatoms. The first-order valence-corrected chi connectivity index (χ1v) is 7.91. The molecule has 3 N–H and O–H groups in total. The van der Waals surface area contributed by atoms with Crippen LogP contribution < -0.4 is 11.1 Å². The number of anilines is 1. The zero-order valence-electron chi connectivity index (χ0n) is 13.1. The number of rotatable bonds is 5. The summed E-state index contributed by atoms with van der Waals surface area (Å²) >= 11 is 0. The summed E-state index contributed by atoms with van der Waals surface area (Å²) in [6.07, 6.45) is 4.81. The molecular weight excluding hydrogens is 262 g/mol. The van der Waals surface area contributed by atoms with Gasteiger partial charge in [0.2, 0.25) is 5.91 Å². The Labute approximate surface area is 127 Å². The fourth-order valence-corrected chi connectivity index (χ4v) is 3.24. The van der Waals surface area contributed by atoms with Gasteiger partial charge in [0.05, 0.1) is 6.04 Å². The second-order valence-electron chi connectivity index (χ2n) is 6.04. The summed E-state index contributed by atoms with van der Waals surface area (Å²) in [4.78, 5) is 14.6. The Morgan fingerprint density at radius 3 is 2.67 bits per heavy atom. The molecule has 2 rings (SSSR count). The molecule has 1 saturated carbocycles. The van der Waals surface area contributed by atoms with Crippen molar-refractivity contribution in [1.29, 1.82) is 0 Å². The number of carbonyl (C=O) groups is 1. The molecule has 116 valence electrons. The van der Waals surface area contributed by atoms with E-state index in [0.717, 1.165) is 12.1 Å². The van der Waals surface area contributed by atoms with E-state index >= 15 is 0 Å². The summed E-state index contributed by atoms with van der Waals surface area (Å²) in [6, 6.07) is 9.88. The molecule has 0 bridgehead atoms. The lowest BCUT2D eigenvalue weighted by molar-refractivity contribution is -0.121. The summed E-state index contributed by atoms with van der Waals surface area (Å²) in [5.74, 6) is 0.556. The number of hydrogen-bond donors (Lipinski definition) is 2. The maximum Gasteiger partial charge on any atom is 0.241 e. The summed E-state index contributed by atoms with van der Waals surface area (Å²) in [5.41, 5.74) is 6.75. The van der Waals surface area contributed by atoms with Crippen LogP contribution in [-0.4, -0.2) is 36.5 Å². The highest BCUT2D eigenvalue weighted by Gasteiger charge is 2.31. The van der Waals surface area contributed by atoms with Crippen LogP contribution in [0.3, 0.4) is 0 Å². The van der Waals surface area contributed by atoms with Crippen molar-refractivity contribution in [2.45, 2.75) is 44.7 Å². The minimum atomic E-state index is -0.151. The second-order valence-corrected chi connectivity index (χ2v) is 6.04. The number of nitrogens with one attached hydrogen (secondary N) is 1. The van der Waals surface area contributed by atoms with Crippen molar-refractivity contribution in [3.05, 3.63) is 30.3 Å². The molecule has 21 heavy (non-hydrogen) atoms. The zero-order chi connectivity index (χ0) is 15.2. The van der Waals surface area contributed by atoms with Gasteiger partial charge in [-0.05, 0) is 51.4 Å². The van der Waals surface area contributed by atoms with E-state index < -0.39 is 0 Å². The predicted octanol–water partition coefficient (Wildman–Crippen LogP) is 2.46. The molecule has 1 aliphatic rings. The molecule has 0 saturated heterocycles. The number of para-hydroxylation sites is 1. The first-order chi connectivity index (χ1) is 10.1. The summed E-state index contributed by atoms with van der Waals surface area (Å²) in [6.45, 7) is 2.68. The minimum Gasteiger partial charge on any atom is -0.330 e. The highest BCUT2D eigenvalue weighted by atomic mass is 16.2. The van der Waals surface area contributed by atoms with Gasteiger partial charge in [-0.25, -0.2) is 0 Å². The van der Waals surface area contributed by atoms with Crippen molar-refractivity contribution in [3.63, 3.8) is 0 Å². The van der Waals surface area contributed by atoms with Gasteiger partial charge >= 0.3 is 0 Å². The summed E-state index contributed by atoms with van der Waals surface area (Å²) in [7, 11) is 2.05. The number of nitrogens with two attached hydrogens (primary N) is 1. The second kappa shape index (κ2) is 7.57. The van der Waals surface area contributed by atoms with Gasteiger partial charge in [0.1, 0.15) is 0 Å². The van der Waals surface area contributed by atoms with Crippen LogP contribution in [0.1, 0.15) is 32.6 Å². The molecule has 4 nitrogen and oxygen atoms in total. The van der Waals surface area contributed by atoms with Gasteiger partial charge < -0.3 is 11.1 Å². The summed E-state index contributed by atoms with van der Waals surface area (Å²) < 4.78 is 0. The number of carbonyl (C=O) groups excluding carboxylic acids is 1. The quantitative estimate of drug-likeness (QED) is 0.875. The minimum absolute atomic E-state index is 0.0463. The van der Waals surface area contributed by atoms with Gasteiger partial charge in [-0.3, -0.25) is 9.69 Å². The Hall–Kier alpha value is -1.39. The molecule has 1 aliphatic carbocycles. The number of amides is 1. The van der Waals surface area contributed by atoms with E-state index in [9.17, 15) is 4.79 Å². The molecule has 1 aromatic rings. The fourth-order valence-electron chi connectivity index (χ4n) is 3.24. The number of likely N-dealkylation sites (N-methyl/N-ethyl adjacent to an activating group) is 1. The third-order valence-electron chi connectivity index (χ3n) is 4.73. The first-order valence-electron chi connectivity index (χ1n) is 7.91. The molecule has 1 fully saturated rings. The third-order valence-corrected chi connectivity index (χ3v) is 4.73. The van der Waals surface area contributed by atoms with Gasteiger partial charge in [-0.1, -0.05) is 31.0 Å². The Bertz CT molecular complexity index is 449. The molecule has 0 heterocycles. The van der Waals surface area contributed by atoms with Crippen LogP contribution in [-0.2, 0) is 4.79 Å². The highest BCUT2D eigenvalue weighted by Crippen LogP contribution is 2.28. The van der Waals surface area contributed by atoms with Gasteiger partial charge in [-0.2, -0.15) is 0 Å². The van der Waals surface area contributed by atoms with Crippen molar-refractivity contribution in [3.8, 4) is 0 Å². The predicted molar refractivity (Wildman–Crippen MR) is 87.1 cm³/mol. The monoisotopic (exact) mass is 289 g/mol. The normalized spacial score (nSPS) is 23.8. The number of benzene rings is 1. The van der Waals surface area contributed by atoms with E-state index in [1.807, 2.05) is 44.3 Å². The van der Waals surface area contributed by atoms with Crippen LogP contribution in [0, 0.1) is 5.92 Å². The van der Waals surface area contributed by atoms with Gasteiger partial charge in [0, 0.05) is 11.7 Å². The molecule has 0 aromatic heterocycles.